The quantitative estimate of drug-likeness (QED) is 0.765. The summed E-state index contributed by atoms with van der Waals surface area (Å²) >= 11 is 0. The van der Waals surface area contributed by atoms with Gasteiger partial charge >= 0.3 is 0 Å². The largest absolute Gasteiger partial charge is 0.439 e. The summed E-state index contributed by atoms with van der Waals surface area (Å²) in [6, 6.07) is 3.64. The van der Waals surface area contributed by atoms with Crippen molar-refractivity contribution in [3.05, 3.63) is 24.2 Å². The van der Waals surface area contributed by atoms with Gasteiger partial charge in [0, 0.05) is 19.2 Å². The van der Waals surface area contributed by atoms with Crippen LogP contribution in [-0.4, -0.2) is 21.7 Å². The first-order chi connectivity index (χ1) is 6.40. The maximum atomic E-state index is 8.62. The van der Waals surface area contributed by atoms with Crippen LogP contribution in [0.15, 0.2) is 22.7 Å². The molecule has 0 spiro atoms. The van der Waals surface area contributed by atoms with E-state index in [1.807, 2.05) is 12.1 Å². The van der Waals surface area contributed by atoms with E-state index < -0.39 is 0 Å². The standard InChI is InChI=1S/C9H10N2O2/c12-6-2-4-8-11-9-7(13-8)3-1-5-10-9/h1,3,5,12H,2,4,6H2. The number of aromatic nitrogens is 2. The van der Waals surface area contributed by atoms with Crippen LogP contribution in [0.2, 0.25) is 0 Å². The fraction of sp³-hybridized carbons (Fsp3) is 0.333. The van der Waals surface area contributed by atoms with Crippen LogP contribution in [0.1, 0.15) is 12.3 Å². The normalized spacial score (nSPS) is 10.8. The van der Waals surface area contributed by atoms with Crippen LogP contribution in [0.25, 0.3) is 11.2 Å². The second-order valence-electron chi connectivity index (χ2n) is 2.76. The van der Waals surface area contributed by atoms with Crippen molar-refractivity contribution in [2.24, 2.45) is 0 Å². The van der Waals surface area contributed by atoms with Gasteiger partial charge in [0.25, 0.3) is 0 Å². The number of rotatable bonds is 3. The van der Waals surface area contributed by atoms with Crippen LogP contribution in [-0.2, 0) is 6.42 Å². The first kappa shape index (κ1) is 8.19. The Labute approximate surface area is 75.2 Å². The van der Waals surface area contributed by atoms with Gasteiger partial charge in [0.15, 0.2) is 17.1 Å². The molecule has 2 aromatic rings. The van der Waals surface area contributed by atoms with Crippen molar-refractivity contribution in [3.63, 3.8) is 0 Å². The first-order valence-corrected chi connectivity index (χ1v) is 4.21. The molecule has 0 saturated carbocycles. The number of aryl methyl sites for hydroxylation is 1. The summed E-state index contributed by atoms with van der Waals surface area (Å²) in [7, 11) is 0. The lowest BCUT2D eigenvalue weighted by atomic mass is 10.3. The number of aliphatic hydroxyl groups is 1. The molecule has 0 aliphatic rings. The molecule has 13 heavy (non-hydrogen) atoms. The topological polar surface area (TPSA) is 59.2 Å². The SMILES string of the molecule is OCCCc1nc2ncccc2o1. The molecule has 0 bridgehead atoms. The number of pyridine rings is 1. The molecule has 0 aromatic carbocycles. The van der Waals surface area contributed by atoms with Gasteiger partial charge in [0.1, 0.15) is 0 Å². The van der Waals surface area contributed by atoms with Gasteiger partial charge in [-0.2, -0.15) is 4.98 Å². The summed E-state index contributed by atoms with van der Waals surface area (Å²) in [6.07, 6.45) is 3.01. The van der Waals surface area contributed by atoms with Crippen LogP contribution >= 0.6 is 0 Å². The van der Waals surface area contributed by atoms with E-state index in [4.69, 9.17) is 9.52 Å². The maximum absolute atomic E-state index is 8.62. The minimum Gasteiger partial charge on any atom is -0.439 e. The van der Waals surface area contributed by atoms with Crippen molar-refractivity contribution in [2.75, 3.05) is 6.61 Å². The zero-order valence-corrected chi connectivity index (χ0v) is 7.10. The van der Waals surface area contributed by atoms with Crippen LogP contribution < -0.4 is 0 Å². The summed E-state index contributed by atoms with van der Waals surface area (Å²) in [5, 5.41) is 8.62. The molecular weight excluding hydrogens is 168 g/mol. The number of aliphatic hydroxyl groups excluding tert-OH is 1. The van der Waals surface area contributed by atoms with E-state index in [2.05, 4.69) is 9.97 Å². The molecule has 0 amide bonds. The summed E-state index contributed by atoms with van der Waals surface area (Å²) < 4.78 is 5.39. The van der Waals surface area contributed by atoms with Gasteiger partial charge in [-0.1, -0.05) is 0 Å². The van der Waals surface area contributed by atoms with E-state index in [1.165, 1.54) is 0 Å². The van der Waals surface area contributed by atoms with E-state index >= 15 is 0 Å². The molecule has 0 aliphatic carbocycles. The third kappa shape index (κ3) is 1.67. The second kappa shape index (κ2) is 3.53. The molecule has 0 fully saturated rings. The zero-order valence-electron chi connectivity index (χ0n) is 7.10. The highest BCUT2D eigenvalue weighted by Gasteiger charge is 2.04. The molecule has 4 nitrogen and oxygen atoms in total. The highest BCUT2D eigenvalue weighted by molar-refractivity contribution is 5.66. The van der Waals surface area contributed by atoms with Crippen molar-refractivity contribution in [3.8, 4) is 0 Å². The van der Waals surface area contributed by atoms with E-state index in [0.717, 1.165) is 0 Å². The van der Waals surface area contributed by atoms with Crippen molar-refractivity contribution in [2.45, 2.75) is 12.8 Å². The Morgan fingerprint density at radius 1 is 1.46 bits per heavy atom. The van der Waals surface area contributed by atoms with Gasteiger partial charge in [-0.25, -0.2) is 4.98 Å². The van der Waals surface area contributed by atoms with Gasteiger partial charge in [0.05, 0.1) is 0 Å². The lowest BCUT2D eigenvalue weighted by Crippen LogP contribution is -1.88. The van der Waals surface area contributed by atoms with Crippen LogP contribution in [0.3, 0.4) is 0 Å². The van der Waals surface area contributed by atoms with Crippen molar-refractivity contribution < 1.29 is 9.52 Å². The van der Waals surface area contributed by atoms with Crippen LogP contribution in [0.4, 0.5) is 0 Å². The Bertz CT molecular complexity index is 364. The molecule has 0 unspecified atom stereocenters. The van der Waals surface area contributed by atoms with Crippen molar-refractivity contribution in [1.82, 2.24) is 9.97 Å². The Kier molecular flexibility index (Phi) is 2.23. The minimum atomic E-state index is 0.159. The van der Waals surface area contributed by atoms with E-state index in [0.29, 0.717) is 30.0 Å². The van der Waals surface area contributed by atoms with Crippen LogP contribution in [0.5, 0.6) is 0 Å². The molecule has 2 heterocycles. The third-order valence-corrected chi connectivity index (χ3v) is 1.76. The molecule has 1 N–H and O–H groups in total. The second-order valence-corrected chi connectivity index (χ2v) is 2.76. The number of hydrogen-bond donors (Lipinski definition) is 1. The molecule has 0 radical (unpaired) electrons. The van der Waals surface area contributed by atoms with Gasteiger partial charge in [-0.3, -0.25) is 0 Å². The summed E-state index contributed by atoms with van der Waals surface area (Å²) in [6.45, 7) is 0.159. The predicted molar refractivity (Wildman–Crippen MR) is 47.2 cm³/mol. The lowest BCUT2D eigenvalue weighted by Gasteiger charge is -1.88. The average molecular weight is 178 g/mol. The lowest BCUT2D eigenvalue weighted by molar-refractivity contribution is 0.284. The minimum absolute atomic E-state index is 0.159. The van der Waals surface area contributed by atoms with Gasteiger partial charge in [0.2, 0.25) is 0 Å². The summed E-state index contributed by atoms with van der Waals surface area (Å²) in [5.74, 6) is 0.641. The Morgan fingerprint density at radius 2 is 2.38 bits per heavy atom. The summed E-state index contributed by atoms with van der Waals surface area (Å²) in [4.78, 5) is 8.20. The average Bonchev–Trinajstić information content (AvgIpc) is 2.57. The molecule has 68 valence electrons. The fourth-order valence-corrected chi connectivity index (χ4v) is 1.15. The van der Waals surface area contributed by atoms with Crippen LogP contribution in [0, 0.1) is 0 Å². The van der Waals surface area contributed by atoms with E-state index in [1.54, 1.807) is 6.20 Å². The molecule has 4 heteroatoms. The van der Waals surface area contributed by atoms with Gasteiger partial charge in [-0.15, -0.1) is 0 Å². The molecule has 0 aliphatic heterocycles. The molecule has 0 saturated heterocycles. The number of fused-ring (bicyclic) bond motifs is 1. The number of oxazole rings is 1. The summed E-state index contributed by atoms with van der Waals surface area (Å²) in [5.41, 5.74) is 1.34. The number of hydrogen-bond acceptors (Lipinski definition) is 4. The highest BCUT2D eigenvalue weighted by atomic mass is 16.3. The van der Waals surface area contributed by atoms with Gasteiger partial charge in [-0.05, 0) is 18.6 Å². The van der Waals surface area contributed by atoms with Crippen molar-refractivity contribution >= 4 is 11.2 Å². The molecule has 2 rings (SSSR count). The fourth-order valence-electron chi connectivity index (χ4n) is 1.15. The van der Waals surface area contributed by atoms with Crippen molar-refractivity contribution in [1.29, 1.82) is 0 Å². The molecule has 0 atom stereocenters. The zero-order chi connectivity index (χ0) is 9.10. The smallest absolute Gasteiger partial charge is 0.198 e. The Balaban J connectivity index is 2.28. The predicted octanol–water partition coefficient (Wildman–Crippen LogP) is 1.15. The molecular formula is C9H10N2O2. The Hall–Kier alpha value is -1.42. The van der Waals surface area contributed by atoms with E-state index in [-0.39, 0.29) is 6.61 Å². The number of nitrogens with zero attached hydrogens (tertiary/aromatic N) is 2. The Morgan fingerprint density at radius 3 is 3.15 bits per heavy atom. The highest BCUT2D eigenvalue weighted by Crippen LogP contribution is 2.12. The first-order valence-electron chi connectivity index (χ1n) is 4.21. The molecule has 2 aromatic heterocycles. The third-order valence-electron chi connectivity index (χ3n) is 1.76. The maximum Gasteiger partial charge on any atom is 0.198 e. The van der Waals surface area contributed by atoms with E-state index in [9.17, 15) is 0 Å². The monoisotopic (exact) mass is 178 g/mol. The van der Waals surface area contributed by atoms with Gasteiger partial charge < -0.3 is 9.52 Å².